The average Bonchev–Trinajstić information content (AvgIpc) is 2.56. The van der Waals surface area contributed by atoms with E-state index < -0.39 is 0 Å². The first-order valence-corrected chi connectivity index (χ1v) is 9.00. The molecule has 0 radical (unpaired) electrons. The fourth-order valence-corrected chi connectivity index (χ4v) is 2.68. The molecule has 0 spiro atoms. The van der Waals surface area contributed by atoms with Gasteiger partial charge in [-0.05, 0) is 42.9 Å². The smallest absolute Gasteiger partial charge is 0.283 e. The number of carbonyl (C=O) groups is 1. The van der Waals surface area contributed by atoms with Gasteiger partial charge >= 0.3 is 0 Å². The number of carbonyl (C=O) groups excluding carboxylic acids is 1. The van der Waals surface area contributed by atoms with Crippen molar-refractivity contribution in [3.8, 4) is 5.75 Å². The number of rotatable bonds is 5. The van der Waals surface area contributed by atoms with Gasteiger partial charge in [0.2, 0.25) is 0 Å². The predicted molar refractivity (Wildman–Crippen MR) is 98.9 cm³/mol. The zero-order valence-electron chi connectivity index (χ0n) is 13.5. The molecule has 0 unspecified atom stereocenters. The van der Waals surface area contributed by atoms with Crippen LogP contribution in [0.5, 0.6) is 5.75 Å². The van der Waals surface area contributed by atoms with E-state index in [2.05, 4.69) is 24.4 Å². The van der Waals surface area contributed by atoms with Gasteiger partial charge in [-0.25, -0.2) is 0 Å². The molecular formula is C18H20ClNO2S. The van der Waals surface area contributed by atoms with Crippen molar-refractivity contribution in [3.63, 3.8) is 0 Å². The number of benzene rings is 2. The van der Waals surface area contributed by atoms with Gasteiger partial charge in [0.05, 0.1) is 10.7 Å². The molecule has 23 heavy (non-hydrogen) atoms. The second-order valence-corrected chi connectivity index (χ2v) is 6.32. The first-order chi connectivity index (χ1) is 11.0. The quantitative estimate of drug-likeness (QED) is 0.754. The van der Waals surface area contributed by atoms with Gasteiger partial charge in [-0.1, -0.05) is 54.6 Å². The molecule has 0 saturated heterocycles. The monoisotopic (exact) mass is 349 g/mol. The Morgan fingerprint density at radius 1 is 1.30 bits per heavy atom. The summed E-state index contributed by atoms with van der Waals surface area (Å²) in [6, 6.07) is 11.7. The molecule has 122 valence electrons. The molecule has 1 amide bonds. The molecule has 2 aromatic rings. The summed E-state index contributed by atoms with van der Waals surface area (Å²) in [4.78, 5) is 11.6. The molecule has 5 heteroatoms. The molecule has 3 nitrogen and oxygen atoms in total. The van der Waals surface area contributed by atoms with E-state index in [1.807, 2.05) is 25.1 Å². The Kier molecular flexibility index (Phi) is 6.37. The summed E-state index contributed by atoms with van der Waals surface area (Å²) >= 11 is 7.31. The summed E-state index contributed by atoms with van der Waals surface area (Å²) in [5.41, 5.74) is 3.84. The van der Waals surface area contributed by atoms with Crippen molar-refractivity contribution in [3.05, 3.63) is 58.1 Å². The standard InChI is InChI=1S/C18H20ClNO2S/c1-4-13-8-9-16(12(2)10-13)22-11-14-6-5-7-15(19)17(14)20-18(21)23-3/h5-10H,4,11H2,1-3H3,(H,20,21). The lowest BCUT2D eigenvalue weighted by Gasteiger charge is -2.14. The van der Waals surface area contributed by atoms with Crippen LogP contribution in [0.25, 0.3) is 0 Å². The Morgan fingerprint density at radius 3 is 2.74 bits per heavy atom. The second-order valence-electron chi connectivity index (χ2n) is 5.13. The minimum absolute atomic E-state index is 0.150. The van der Waals surface area contributed by atoms with Crippen molar-refractivity contribution in [2.45, 2.75) is 26.9 Å². The van der Waals surface area contributed by atoms with E-state index in [-0.39, 0.29) is 5.24 Å². The maximum absolute atomic E-state index is 11.6. The largest absolute Gasteiger partial charge is 0.489 e. The number of thioether (sulfide) groups is 1. The molecule has 0 saturated carbocycles. The van der Waals surface area contributed by atoms with E-state index in [1.54, 1.807) is 12.3 Å². The number of amides is 1. The highest BCUT2D eigenvalue weighted by molar-refractivity contribution is 8.13. The number of nitrogens with one attached hydrogen (secondary N) is 1. The zero-order valence-corrected chi connectivity index (χ0v) is 15.1. The van der Waals surface area contributed by atoms with Crippen molar-refractivity contribution in [2.24, 2.45) is 0 Å². The van der Waals surface area contributed by atoms with Gasteiger partial charge in [0.1, 0.15) is 12.4 Å². The Balaban J connectivity index is 2.17. The van der Waals surface area contributed by atoms with E-state index >= 15 is 0 Å². The highest BCUT2D eigenvalue weighted by Gasteiger charge is 2.11. The number of para-hydroxylation sites is 1. The summed E-state index contributed by atoms with van der Waals surface area (Å²) < 4.78 is 5.92. The minimum Gasteiger partial charge on any atom is -0.489 e. The van der Waals surface area contributed by atoms with Gasteiger partial charge in [0, 0.05) is 5.56 Å². The lowest BCUT2D eigenvalue weighted by atomic mass is 10.1. The Hall–Kier alpha value is -1.65. The van der Waals surface area contributed by atoms with E-state index in [1.165, 1.54) is 5.56 Å². The van der Waals surface area contributed by atoms with Crippen LogP contribution in [-0.2, 0) is 13.0 Å². The van der Waals surface area contributed by atoms with Gasteiger partial charge in [-0.2, -0.15) is 0 Å². The van der Waals surface area contributed by atoms with Crippen molar-refractivity contribution < 1.29 is 9.53 Å². The molecule has 0 bridgehead atoms. The third kappa shape index (κ3) is 4.66. The van der Waals surface area contributed by atoms with Crippen molar-refractivity contribution in [1.29, 1.82) is 0 Å². The Labute approximate surface area is 146 Å². The lowest BCUT2D eigenvalue weighted by molar-refractivity contribution is 0.269. The molecule has 0 aliphatic heterocycles. The Morgan fingerprint density at radius 2 is 2.09 bits per heavy atom. The zero-order chi connectivity index (χ0) is 16.8. The van der Waals surface area contributed by atoms with Gasteiger partial charge < -0.3 is 10.1 Å². The van der Waals surface area contributed by atoms with Crippen molar-refractivity contribution in [1.82, 2.24) is 0 Å². The molecule has 0 fully saturated rings. The maximum Gasteiger partial charge on any atom is 0.283 e. The lowest BCUT2D eigenvalue weighted by Crippen LogP contribution is -2.09. The normalized spacial score (nSPS) is 10.4. The third-order valence-electron chi connectivity index (χ3n) is 3.54. The van der Waals surface area contributed by atoms with Crippen molar-refractivity contribution in [2.75, 3.05) is 11.6 Å². The number of halogens is 1. The molecule has 2 rings (SSSR count). The molecule has 0 atom stereocenters. The SMILES string of the molecule is CCc1ccc(OCc2cccc(Cl)c2NC(=O)SC)c(C)c1. The summed E-state index contributed by atoms with van der Waals surface area (Å²) in [7, 11) is 0. The van der Waals surface area contributed by atoms with Crippen LogP contribution in [0.4, 0.5) is 10.5 Å². The number of aryl methyl sites for hydroxylation is 2. The minimum atomic E-state index is -0.150. The summed E-state index contributed by atoms with van der Waals surface area (Å²) in [6.07, 6.45) is 2.72. The first-order valence-electron chi connectivity index (χ1n) is 7.39. The van der Waals surface area contributed by atoms with Crippen LogP contribution in [0.2, 0.25) is 5.02 Å². The molecule has 0 heterocycles. The maximum atomic E-state index is 11.6. The van der Waals surface area contributed by atoms with Crippen molar-refractivity contribution >= 4 is 34.3 Å². The second kappa shape index (κ2) is 8.27. The van der Waals surface area contributed by atoms with Crippen LogP contribution >= 0.6 is 23.4 Å². The Bertz CT molecular complexity index is 703. The fraction of sp³-hybridized carbons (Fsp3) is 0.278. The molecule has 2 aromatic carbocycles. The fourth-order valence-electron chi connectivity index (χ4n) is 2.23. The van der Waals surface area contributed by atoms with Crippen LogP contribution in [0.1, 0.15) is 23.6 Å². The van der Waals surface area contributed by atoms with Crippen LogP contribution in [0, 0.1) is 6.92 Å². The van der Waals surface area contributed by atoms with Crippen LogP contribution in [0.15, 0.2) is 36.4 Å². The van der Waals surface area contributed by atoms with Crippen LogP contribution in [0.3, 0.4) is 0 Å². The average molecular weight is 350 g/mol. The topological polar surface area (TPSA) is 38.3 Å². The van der Waals surface area contributed by atoms with Gasteiger partial charge in [0.25, 0.3) is 5.24 Å². The highest BCUT2D eigenvalue weighted by atomic mass is 35.5. The number of ether oxygens (including phenoxy) is 1. The van der Waals surface area contributed by atoms with E-state index in [0.29, 0.717) is 17.3 Å². The predicted octanol–water partition coefficient (Wildman–Crippen LogP) is 5.68. The molecule has 0 aromatic heterocycles. The van der Waals surface area contributed by atoms with Gasteiger partial charge in [-0.3, -0.25) is 4.79 Å². The molecule has 0 aliphatic rings. The molecule has 1 N–H and O–H groups in total. The van der Waals surface area contributed by atoms with Crippen LogP contribution in [-0.4, -0.2) is 11.5 Å². The number of anilines is 1. The van der Waals surface area contributed by atoms with E-state index in [9.17, 15) is 4.79 Å². The highest BCUT2D eigenvalue weighted by Crippen LogP contribution is 2.29. The molecule has 0 aliphatic carbocycles. The molecular weight excluding hydrogens is 330 g/mol. The summed E-state index contributed by atoms with van der Waals surface area (Å²) in [6.45, 7) is 4.50. The van der Waals surface area contributed by atoms with Crippen LogP contribution < -0.4 is 10.1 Å². The summed E-state index contributed by atoms with van der Waals surface area (Å²) in [5, 5.41) is 3.17. The van der Waals surface area contributed by atoms with Gasteiger partial charge in [0.15, 0.2) is 0 Å². The first kappa shape index (κ1) is 17.7. The van der Waals surface area contributed by atoms with E-state index in [4.69, 9.17) is 16.3 Å². The number of hydrogen-bond donors (Lipinski definition) is 1. The number of hydrogen-bond acceptors (Lipinski definition) is 3. The third-order valence-corrected chi connectivity index (χ3v) is 4.33. The van der Waals surface area contributed by atoms with Gasteiger partial charge in [-0.15, -0.1) is 0 Å². The van der Waals surface area contributed by atoms with E-state index in [0.717, 1.165) is 35.1 Å². The summed E-state index contributed by atoms with van der Waals surface area (Å²) in [5.74, 6) is 0.837.